The van der Waals surface area contributed by atoms with Crippen molar-refractivity contribution in [3.8, 4) is 11.1 Å². The highest BCUT2D eigenvalue weighted by Crippen LogP contribution is 2.24. The number of aromatic nitrogens is 2. The molecule has 4 heteroatoms. The van der Waals surface area contributed by atoms with Crippen LogP contribution in [0.25, 0.3) is 11.1 Å². The van der Waals surface area contributed by atoms with E-state index in [0.29, 0.717) is 6.54 Å². The van der Waals surface area contributed by atoms with Crippen molar-refractivity contribution in [2.24, 2.45) is 7.05 Å². The highest BCUT2D eigenvalue weighted by Gasteiger charge is 2.08. The highest BCUT2D eigenvalue weighted by atomic mass is 19.1. The maximum absolute atomic E-state index is 13.3. The molecule has 0 saturated heterocycles. The second kappa shape index (κ2) is 5.78. The summed E-state index contributed by atoms with van der Waals surface area (Å²) in [5, 5.41) is 7.46. The molecule has 2 aromatic rings. The maximum Gasteiger partial charge on any atom is 0.123 e. The molecule has 0 unspecified atom stereocenters. The first-order chi connectivity index (χ1) is 8.70. The molecule has 0 aliphatic rings. The number of rotatable bonds is 5. The van der Waals surface area contributed by atoms with Crippen molar-refractivity contribution in [2.75, 3.05) is 6.54 Å². The van der Waals surface area contributed by atoms with Crippen molar-refractivity contribution in [2.45, 2.75) is 19.9 Å². The van der Waals surface area contributed by atoms with Gasteiger partial charge >= 0.3 is 0 Å². The van der Waals surface area contributed by atoms with Gasteiger partial charge in [-0.05, 0) is 36.2 Å². The van der Waals surface area contributed by atoms with Gasteiger partial charge in [0.2, 0.25) is 0 Å². The van der Waals surface area contributed by atoms with Crippen LogP contribution in [0.4, 0.5) is 4.39 Å². The summed E-state index contributed by atoms with van der Waals surface area (Å²) in [6.07, 6.45) is 4.81. The SMILES string of the molecule is CCCNCc1cc(F)ccc1-c1cnn(C)c1. The van der Waals surface area contributed by atoms with E-state index in [9.17, 15) is 4.39 Å². The Hall–Kier alpha value is -1.68. The van der Waals surface area contributed by atoms with Gasteiger partial charge in [-0.15, -0.1) is 0 Å². The molecule has 0 fully saturated rings. The topological polar surface area (TPSA) is 29.9 Å². The van der Waals surface area contributed by atoms with E-state index in [1.807, 2.05) is 19.3 Å². The Morgan fingerprint density at radius 2 is 2.22 bits per heavy atom. The number of hydrogen-bond acceptors (Lipinski definition) is 2. The lowest BCUT2D eigenvalue weighted by molar-refractivity contribution is 0.619. The molecule has 0 aliphatic heterocycles. The van der Waals surface area contributed by atoms with Crippen molar-refractivity contribution < 1.29 is 4.39 Å². The van der Waals surface area contributed by atoms with Crippen LogP contribution < -0.4 is 5.32 Å². The summed E-state index contributed by atoms with van der Waals surface area (Å²) in [7, 11) is 1.88. The van der Waals surface area contributed by atoms with Crippen molar-refractivity contribution in [3.05, 3.63) is 42.0 Å². The van der Waals surface area contributed by atoms with Crippen molar-refractivity contribution in [1.29, 1.82) is 0 Å². The van der Waals surface area contributed by atoms with E-state index in [1.54, 1.807) is 16.9 Å². The predicted octanol–water partition coefficient (Wildman–Crippen LogP) is 2.73. The molecule has 18 heavy (non-hydrogen) atoms. The fraction of sp³-hybridized carbons (Fsp3) is 0.357. The Morgan fingerprint density at radius 3 is 2.89 bits per heavy atom. The average Bonchev–Trinajstić information content (AvgIpc) is 2.76. The third-order valence-corrected chi connectivity index (χ3v) is 2.83. The van der Waals surface area contributed by atoms with Gasteiger partial charge in [-0.25, -0.2) is 4.39 Å². The molecule has 1 heterocycles. The summed E-state index contributed by atoms with van der Waals surface area (Å²) >= 11 is 0. The van der Waals surface area contributed by atoms with E-state index >= 15 is 0 Å². The van der Waals surface area contributed by atoms with Crippen LogP contribution in [0.15, 0.2) is 30.6 Å². The third-order valence-electron chi connectivity index (χ3n) is 2.83. The summed E-state index contributed by atoms with van der Waals surface area (Å²) in [6.45, 7) is 3.72. The predicted molar refractivity (Wildman–Crippen MR) is 70.6 cm³/mol. The van der Waals surface area contributed by atoms with Crippen LogP contribution in [0.2, 0.25) is 0 Å². The van der Waals surface area contributed by atoms with E-state index in [4.69, 9.17) is 0 Å². The lowest BCUT2D eigenvalue weighted by atomic mass is 10.0. The first-order valence-corrected chi connectivity index (χ1v) is 6.19. The Kier molecular flexibility index (Phi) is 4.10. The third kappa shape index (κ3) is 2.96. The molecule has 1 N–H and O–H groups in total. The smallest absolute Gasteiger partial charge is 0.123 e. The Labute approximate surface area is 107 Å². The molecular formula is C14H18FN3. The molecule has 0 bridgehead atoms. The Morgan fingerprint density at radius 1 is 1.39 bits per heavy atom. The average molecular weight is 247 g/mol. The van der Waals surface area contributed by atoms with Gasteiger partial charge in [0.05, 0.1) is 6.20 Å². The molecule has 2 rings (SSSR count). The van der Waals surface area contributed by atoms with Crippen LogP contribution in [0, 0.1) is 5.82 Å². The van der Waals surface area contributed by atoms with Crippen LogP contribution in [-0.2, 0) is 13.6 Å². The highest BCUT2D eigenvalue weighted by molar-refractivity contribution is 5.66. The maximum atomic E-state index is 13.3. The van der Waals surface area contributed by atoms with Gasteiger partial charge in [0, 0.05) is 25.4 Å². The number of nitrogens with one attached hydrogen (secondary N) is 1. The van der Waals surface area contributed by atoms with E-state index in [2.05, 4.69) is 17.3 Å². The van der Waals surface area contributed by atoms with E-state index in [0.717, 1.165) is 29.7 Å². The van der Waals surface area contributed by atoms with Crippen LogP contribution in [0.1, 0.15) is 18.9 Å². The number of benzene rings is 1. The van der Waals surface area contributed by atoms with Crippen molar-refractivity contribution >= 4 is 0 Å². The Balaban J connectivity index is 2.28. The normalized spacial score (nSPS) is 10.8. The zero-order valence-corrected chi connectivity index (χ0v) is 10.8. The van der Waals surface area contributed by atoms with E-state index in [1.165, 1.54) is 6.07 Å². The summed E-state index contributed by atoms with van der Waals surface area (Å²) < 4.78 is 15.1. The monoisotopic (exact) mass is 247 g/mol. The lowest BCUT2D eigenvalue weighted by Gasteiger charge is -2.09. The van der Waals surface area contributed by atoms with Gasteiger partial charge in [0.1, 0.15) is 5.82 Å². The van der Waals surface area contributed by atoms with Gasteiger partial charge in [-0.1, -0.05) is 13.0 Å². The second-order valence-corrected chi connectivity index (χ2v) is 4.38. The Bertz CT molecular complexity index is 520. The minimum absolute atomic E-state index is 0.198. The van der Waals surface area contributed by atoms with E-state index in [-0.39, 0.29) is 5.82 Å². The molecule has 0 saturated carbocycles. The van der Waals surface area contributed by atoms with Crippen molar-refractivity contribution in [1.82, 2.24) is 15.1 Å². The number of halogens is 1. The zero-order valence-electron chi connectivity index (χ0n) is 10.8. The molecule has 3 nitrogen and oxygen atoms in total. The van der Waals surface area contributed by atoms with Gasteiger partial charge in [-0.2, -0.15) is 5.10 Å². The minimum atomic E-state index is -0.198. The van der Waals surface area contributed by atoms with Gasteiger partial charge in [0.15, 0.2) is 0 Å². The molecule has 0 spiro atoms. The van der Waals surface area contributed by atoms with E-state index < -0.39 is 0 Å². The number of hydrogen-bond donors (Lipinski definition) is 1. The standard InChI is InChI=1S/C14H18FN3/c1-3-6-16-8-11-7-13(15)4-5-14(11)12-9-17-18(2)10-12/h4-5,7,9-10,16H,3,6,8H2,1-2H3. The molecule has 96 valence electrons. The summed E-state index contributed by atoms with van der Waals surface area (Å²) in [5.74, 6) is -0.198. The molecule has 0 amide bonds. The van der Waals surface area contributed by atoms with Gasteiger partial charge < -0.3 is 5.32 Å². The molecule has 0 atom stereocenters. The summed E-state index contributed by atoms with van der Waals surface area (Å²) in [5.41, 5.74) is 3.02. The lowest BCUT2D eigenvalue weighted by Crippen LogP contribution is -2.14. The van der Waals surface area contributed by atoms with Gasteiger partial charge in [-0.3, -0.25) is 4.68 Å². The fourth-order valence-electron chi connectivity index (χ4n) is 1.95. The number of aryl methyl sites for hydroxylation is 1. The summed E-state index contributed by atoms with van der Waals surface area (Å²) in [4.78, 5) is 0. The largest absolute Gasteiger partial charge is 0.313 e. The molecule has 0 radical (unpaired) electrons. The molecular weight excluding hydrogens is 229 g/mol. The first kappa shape index (κ1) is 12.8. The fourth-order valence-corrected chi connectivity index (χ4v) is 1.95. The van der Waals surface area contributed by atoms with Gasteiger partial charge in [0.25, 0.3) is 0 Å². The van der Waals surface area contributed by atoms with Crippen LogP contribution >= 0.6 is 0 Å². The molecule has 1 aromatic heterocycles. The quantitative estimate of drug-likeness (QED) is 0.823. The number of nitrogens with zero attached hydrogens (tertiary/aromatic N) is 2. The van der Waals surface area contributed by atoms with Crippen LogP contribution in [0.3, 0.4) is 0 Å². The summed E-state index contributed by atoms with van der Waals surface area (Å²) in [6, 6.07) is 4.89. The molecule has 1 aromatic carbocycles. The van der Waals surface area contributed by atoms with Crippen molar-refractivity contribution in [3.63, 3.8) is 0 Å². The van der Waals surface area contributed by atoms with Crippen LogP contribution in [0.5, 0.6) is 0 Å². The first-order valence-electron chi connectivity index (χ1n) is 6.19. The second-order valence-electron chi connectivity index (χ2n) is 4.38. The zero-order chi connectivity index (χ0) is 13.0. The van der Waals surface area contributed by atoms with Crippen LogP contribution in [-0.4, -0.2) is 16.3 Å². The minimum Gasteiger partial charge on any atom is -0.313 e. The molecule has 0 aliphatic carbocycles.